The standard InChI is InChI=1S/C22H22N6O2/c1-13-12-16(19-21(23-13)28-11-7-3-4-10-18(28)26-19)22(29)25-17-9-6-5-8-15(17)20-24-14(2)30-27-20/h5-6,8-9,12H,3-4,7,10-11H2,1-2H3,(H,25,29). The third-order valence-electron chi connectivity index (χ3n) is 5.38. The van der Waals surface area contributed by atoms with Gasteiger partial charge in [0.2, 0.25) is 11.7 Å². The summed E-state index contributed by atoms with van der Waals surface area (Å²) in [6, 6.07) is 9.21. The highest BCUT2D eigenvalue weighted by atomic mass is 16.5. The number of anilines is 1. The minimum absolute atomic E-state index is 0.230. The van der Waals surface area contributed by atoms with Gasteiger partial charge in [-0.1, -0.05) is 23.7 Å². The number of amides is 1. The number of nitrogens with one attached hydrogen (secondary N) is 1. The second-order valence-corrected chi connectivity index (χ2v) is 7.61. The first-order valence-electron chi connectivity index (χ1n) is 10.2. The molecule has 3 aromatic heterocycles. The Kier molecular flexibility index (Phi) is 4.54. The van der Waals surface area contributed by atoms with E-state index in [1.807, 2.05) is 31.2 Å². The molecule has 0 atom stereocenters. The topological polar surface area (TPSA) is 98.7 Å². The molecule has 8 nitrogen and oxygen atoms in total. The van der Waals surface area contributed by atoms with E-state index in [4.69, 9.17) is 14.5 Å². The van der Waals surface area contributed by atoms with Crippen molar-refractivity contribution >= 4 is 22.8 Å². The van der Waals surface area contributed by atoms with Crippen molar-refractivity contribution in [2.24, 2.45) is 0 Å². The lowest BCUT2D eigenvalue weighted by Crippen LogP contribution is -2.14. The number of rotatable bonds is 3. The second kappa shape index (κ2) is 7.37. The fourth-order valence-corrected chi connectivity index (χ4v) is 3.97. The number of hydrogen-bond donors (Lipinski definition) is 1. The highest BCUT2D eigenvalue weighted by Gasteiger charge is 2.22. The van der Waals surface area contributed by atoms with Crippen molar-refractivity contribution in [1.82, 2.24) is 24.7 Å². The third-order valence-corrected chi connectivity index (χ3v) is 5.38. The molecule has 0 saturated heterocycles. The molecule has 1 aromatic carbocycles. The number of fused-ring (bicyclic) bond motifs is 3. The largest absolute Gasteiger partial charge is 0.339 e. The van der Waals surface area contributed by atoms with Crippen LogP contribution in [0.4, 0.5) is 5.69 Å². The van der Waals surface area contributed by atoms with Gasteiger partial charge in [-0.15, -0.1) is 0 Å². The van der Waals surface area contributed by atoms with E-state index in [-0.39, 0.29) is 5.91 Å². The maximum Gasteiger partial charge on any atom is 0.258 e. The van der Waals surface area contributed by atoms with Crippen LogP contribution in [0.2, 0.25) is 0 Å². The quantitative estimate of drug-likeness (QED) is 0.554. The van der Waals surface area contributed by atoms with Gasteiger partial charge >= 0.3 is 0 Å². The van der Waals surface area contributed by atoms with E-state index < -0.39 is 0 Å². The molecular formula is C22H22N6O2. The van der Waals surface area contributed by atoms with Gasteiger partial charge in [0.05, 0.1) is 11.3 Å². The van der Waals surface area contributed by atoms with E-state index in [2.05, 4.69) is 20.0 Å². The van der Waals surface area contributed by atoms with Crippen LogP contribution in [0.1, 0.15) is 47.0 Å². The number of imidazole rings is 1. The summed E-state index contributed by atoms with van der Waals surface area (Å²) in [5.41, 5.74) is 4.08. The molecule has 0 saturated carbocycles. The normalized spacial score (nSPS) is 13.8. The number of aryl methyl sites for hydroxylation is 4. The molecule has 0 radical (unpaired) electrons. The summed E-state index contributed by atoms with van der Waals surface area (Å²) in [6.45, 7) is 4.53. The number of carbonyl (C=O) groups excluding carboxylic acids is 1. The van der Waals surface area contributed by atoms with Crippen molar-refractivity contribution in [3.8, 4) is 11.4 Å². The van der Waals surface area contributed by atoms with Gasteiger partial charge in [-0.3, -0.25) is 4.79 Å². The summed E-state index contributed by atoms with van der Waals surface area (Å²) >= 11 is 0. The van der Waals surface area contributed by atoms with Gasteiger partial charge in [-0.2, -0.15) is 4.98 Å². The van der Waals surface area contributed by atoms with Crippen molar-refractivity contribution in [2.75, 3.05) is 5.32 Å². The maximum absolute atomic E-state index is 13.3. The Labute approximate surface area is 173 Å². The van der Waals surface area contributed by atoms with Crippen LogP contribution >= 0.6 is 0 Å². The number of para-hydroxylation sites is 1. The van der Waals surface area contributed by atoms with Crippen molar-refractivity contribution in [3.63, 3.8) is 0 Å². The predicted molar refractivity (Wildman–Crippen MR) is 112 cm³/mol. The Hall–Kier alpha value is -3.55. The molecular weight excluding hydrogens is 380 g/mol. The summed E-state index contributed by atoms with van der Waals surface area (Å²) in [4.78, 5) is 27.1. The molecule has 30 heavy (non-hydrogen) atoms. The molecule has 5 rings (SSSR count). The number of hydrogen-bond acceptors (Lipinski definition) is 6. The molecule has 152 valence electrons. The molecule has 4 aromatic rings. The lowest BCUT2D eigenvalue weighted by Gasteiger charge is -2.10. The fraction of sp³-hybridized carbons (Fsp3) is 0.318. The smallest absolute Gasteiger partial charge is 0.258 e. The van der Waals surface area contributed by atoms with E-state index in [0.717, 1.165) is 43.0 Å². The zero-order valence-corrected chi connectivity index (χ0v) is 17.0. The zero-order chi connectivity index (χ0) is 20.7. The van der Waals surface area contributed by atoms with Crippen molar-refractivity contribution < 1.29 is 9.32 Å². The molecule has 0 bridgehead atoms. The number of aromatic nitrogens is 5. The summed E-state index contributed by atoms with van der Waals surface area (Å²) in [5.74, 6) is 1.69. The maximum atomic E-state index is 13.3. The van der Waals surface area contributed by atoms with Gasteiger partial charge in [-0.05, 0) is 38.0 Å². The number of pyridine rings is 1. The molecule has 1 N–H and O–H groups in total. The van der Waals surface area contributed by atoms with E-state index >= 15 is 0 Å². The van der Waals surface area contributed by atoms with Gasteiger partial charge in [-0.25, -0.2) is 9.97 Å². The van der Waals surface area contributed by atoms with E-state index in [9.17, 15) is 4.79 Å². The van der Waals surface area contributed by atoms with E-state index in [1.165, 1.54) is 6.42 Å². The monoisotopic (exact) mass is 402 g/mol. The summed E-state index contributed by atoms with van der Waals surface area (Å²) in [6.07, 6.45) is 4.32. The summed E-state index contributed by atoms with van der Waals surface area (Å²) in [7, 11) is 0. The molecule has 1 aliphatic heterocycles. The van der Waals surface area contributed by atoms with Gasteiger partial charge < -0.3 is 14.4 Å². The number of benzene rings is 1. The average molecular weight is 402 g/mol. The number of carbonyl (C=O) groups is 1. The highest BCUT2D eigenvalue weighted by Crippen LogP contribution is 2.28. The van der Waals surface area contributed by atoms with Gasteiger partial charge in [0, 0.05) is 31.1 Å². The van der Waals surface area contributed by atoms with Crippen LogP contribution in [0.5, 0.6) is 0 Å². The lowest BCUT2D eigenvalue weighted by atomic mass is 10.1. The molecule has 4 heterocycles. The van der Waals surface area contributed by atoms with Crippen LogP contribution in [0.25, 0.3) is 22.6 Å². The van der Waals surface area contributed by atoms with Crippen LogP contribution in [-0.4, -0.2) is 30.6 Å². The van der Waals surface area contributed by atoms with Gasteiger partial charge in [0.15, 0.2) is 5.65 Å². The first-order chi connectivity index (χ1) is 14.6. The molecule has 0 aliphatic carbocycles. The highest BCUT2D eigenvalue weighted by molar-refractivity contribution is 6.12. The molecule has 1 amide bonds. The van der Waals surface area contributed by atoms with E-state index in [0.29, 0.717) is 34.0 Å². The Balaban J connectivity index is 1.55. The first-order valence-corrected chi connectivity index (χ1v) is 10.2. The van der Waals surface area contributed by atoms with Crippen LogP contribution in [0.3, 0.4) is 0 Å². The fourth-order valence-electron chi connectivity index (χ4n) is 3.97. The first kappa shape index (κ1) is 18.5. The Bertz CT molecular complexity index is 1260. The van der Waals surface area contributed by atoms with Crippen molar-refractivity contribution in [1.29, 1.82) is 0 Å². The third kappa shape index (κ3) is 3.24. The predicted octanol–water partition coefficient (Wildman–Crippen LogP) is 4.08. The van der Waals surface area contributed by atoms with Crippen LogP contribution in [0.15, 0.2) is 34.9 Å². The van der Waals surface area contributed by atoms with E-state index in [1.54, 1.807) is 13.0 Å². The van der Waals surface area contributed by atoms with Gasteiger partial charge in [0.25, 0.3) is 5.91 Å². The zero-order valence-electron chi connectivity index (χ0n) is 17.0. The molecule has 0 spiro atoms. The summed E-state index contributed by atoms with van der Waals surface area (Å²) in [5, 5.41) is 6.99. The van der Waals surface area contributed by atoms with Crippen LogP contribution in [-0.2, 0) is 13.0 Å². The Morgan fingerprint density at radius 1 is 1.10 bits per heavy atom. The molecule has 0 fully saturated rings. The minimum atomic E-state index is -0.230. The number of nitrogens with zero attached hydrogens (tertiary/aromatic N) is 5. The molecule has 0 unspecified atom stereocenters. The molecule has 1 aliphatic rings. The summed E-state index contributed by atoms with van der Waals surface area (Å²) < 4.78 is 7.27. The Morgan fingerprint density at radius 3 is 2.80 bits per heavy atom. The second-order valence-electron chi connectivity index (χ2n) is 7.61. The van der Waals surface area contributed by atoms with Crippen molar-refractivity contribution in [2.45, 2.75) is 46.1 Å². The van der Waals surface area contributed by atoms with Crippen LogP contribution in [0, 0.1) is 13.8 Å². The van der Waals surface area contributed by atoms with Crippen LogP contribution < -0.4 is 5.32 Å². The Morgan fingerprint density at radius 2 is 1.97 bits per heavy atom. The van der Waals surface area contributed by atoms with Crippen molar-refractivity contribution in [3.05, 3.63) is 53.3 Å². The van der Waals surface area contributed by atoms with Gasteiger partial charge in [0.1, 0.15) is 11.3 Å². The SMILES string of the molecule is Cc1cc(C(=O)Nc2ccccc2-c2noc(C)n2)c2nc3n(c2n1)CCCCC3. The minimum Gasteiger partial charge on any atom is -0.339 e. The lowest BCUT2D eigenvalue weighted by molar-refractivity contribution is 0.102. The average Bonchev–Trinajstić information content (AvgIpc) is 3.23. The molecule has 8 heteroatoms.